The summed E-state index contributed by atoms with van der Waals surface area (Å²) in [6.45, 7) is 6.18. The average Bonchev–Trinajstić information content (AvgIpc) is 3.06. The third-order valence-electron chi connectivity index (χ3n) is 8.26. The summed E-state index contributed by atoms with van der Waals surface area (Å²) in [7, 11) is 0. The van der Waals surface area contributed by atoms with E-state index in [1.165, 1.54) is 95.5 Å². The van der Waals surface area contributed by atoms with Crippen LogP contribution in [0.1, 0.15) is 143 Å². The molecule has 3 rings (SSSR count). The number of carbonyl (C=O) groups excluding carboxylic acids is 1. The number of rotatable bonds is 23. The van der Waals surface area contributed by atoms with Crippen molar-refractivity contribution in [3.8, 4) is 5.75 Å². The summed E-state index contributed by atoms with van der Waals surface area (Å²) in [5.41, 5.74) is 4.00. The minimum Gasteiger partial charge on any atom is -0.486 e. The normalized spacial score (nSPS) is 11.9. The molecule has 0 N–H and O–H groups in total. The fourth-order valence-corrected chi connectivity index (χ4v) is 5.53. The smallest absolute Gasteiger partial charge is 0.185 e. The zero-order valence-corrected chi connectivity index (χ0v) is 26.7. The molecule has 1 unspecified atom stereocenters. The molecule has 0 aromatic heterocycles. The Hall–Kier alpha value is -3.39. The average molecular weight is 579 g/mol. The van der Waals surface area contributed by atoms with Crippen molar-refractivity contribution in [2.45, 2.75) is 116 Å². The predicted molar refractivity (Wildman–Crippen MR) is 186 cm³/mol. The van der Waals surface area contributed by atoms with Gasteiger partial charge in [-0.1, -0.05) is 182 Å². The van der Waals surface area contributed by atoms with E-state index < -0.39 is 0 Å². The van der Waals surface area contributed by atoms with Crippen LogP contribution in [0.2, 0.25) is 0 Å². The van der Waals surface area contributed by atoms with Gasteiger partial charge in [-0.3, -0.25) is 4.79 Å². The van der Waals surface area contributed by atoms with Crippen LogP contribution < -0.4 is 4.74 Å². The number of allylic oxidation sites excluding steroid dienone is 1. The van der Waals surface area contributed by atoms with E-state index in [1.54, 1.807) is 6.08 Å². The van der Waals surface area contributed by atoms with E-state index in [0.29, 0.717) is 5.56 Å². The van der Waals surface area contributed by atoms with Crippen LogP contribution in [-0.2, 0) is 0 Å². The standard InChI is InChI=1S/C41H54O2/c1-3-5-6-7-8-9-10-11-12-13-14-15-16-17-21-24-41(38-30-25-35(4-2)26-31-38)43-39-32-27-36(28-33-39)29-34-40(42)37-22-19-18-20-23-37/h4,18-20,22-23,25-34,41H,2-3,5-17,21,24H2,1H3. The highest BCUT2D eigenvalue weighted by atomic mass is 16.5. The van der Waals surface area contributed by atoms with Crippen molar-refractivity contribution < 1.29 is 9.53 Å². The lowest BCUT2D eigenvalue weighted by Gasteiger charge is -2.20. The molecule has 0 aliphatic rings. The predicted octanol–water partition coefficient (Wildman–Crippen LogP) is 12.6. The van der Waals surface area contributed by atoms with E-state index in [2.05, 4.69) is 37.8 Å². The molecule has 3 aromatic rings. The number of ether oxygens (including phenoxy) is 1. The third-order valence-corrected chi connectivity index (χ3v) is 8.26. The van der Waals surface area contributed by atoms with Gasteiger partial charge >= 0.3 is 0 Å². The first-order chi connectivity index (χ1) is 21.2. The molecule has 0 saturated carbocycles. The molecular formula is C41H54O2. The fourth-order valence-electron chi connectivity index (χ4n) is 5.53. The largest absolute Gasteiger partial charge is 0.486 e. The van der Waals surface area contributed by atoms with Crippen molar-refractivity contribution in [1.82, 2.24) is 0 Å². The van der Waals surface area contributed by atoms with E-state index in [-0.39, 0.29) is 11.9 Å². The van der Waals surface area contributed by atoms with Crippen molar-refractivity contribution >= 4 is 17.9 Å². The lowest BCUT2D eigenvalue weighted by molar-refractivity contribution is 0.104. The molecule has 0 aliphatic heterocycles. The van der Waals surface area contributed by atoms with Crippen molar-refractivity contribution in [3.05, 3.63) is 114 Å². The molecule has 0 spiro atoms. The SMILES string of the molecule is C=Cc1ccc(C(CCCCCCCCCCCCCCCCC)Oc2ccc(C=CC(=O)c3ccccc3)cc2)cc1. The second kappa shape index (κ2) is 21.3. The highest BCUT2D eigenvalue weighted by Gasteiger charge is 2.14. The maximum Gasteiger partial charge on any atom is 0.185 e. The second-order valence-corrected chi connectivity index (χ2v) is 11.8. The van der Waals surface area contributed by atoms with Crippen LogP contribution in [-0.4, -0.2) is 5.78 Å². The molecule has 230 valence electrons. The minimum absolute atomic E-state index is 0.00691. The summed E-state index contributed by atoms with van der Waals surface area (Å²) < 4.78 is 6.53. The number of hydrogen-bond donors (Lipinski definition) is 0. The summed E-state index contributed by atoms with van der Waals surface area (Å²) in [6, 6.07) is 25.9. The van der Waals surface area contributed by atoms with Gasteiger partial charge in [0.15, 0.2) is 5.78 Å². The maximum absolute atomic E-state index is 12.4. The van der Waals surface area contributed by atoms with Gasteiger partial charge in [0.25, 0.3) is 0 Å². The van der Waals surface area contributed by atoms with Crippen LogP contribution in [0, 0.1) is 0 Å². The number of carbonyl (C=O) groups is 1. The monoisotopic (exact) mass is 578 g/mol. The molecule has 3 aromatic carbocycles. The molecule has 0 radical (unpaired) electrons. The molecule has 2 heteroatoms. The number of ketones is 1. The molecule has 0 saturated heterocycles. The molecule has 0 aliphatic carbocycles. The van der Waals surface area contributed by atoms with Crippen molar-refractivity contribution in [2.75, 3.05) is 0 Å². The van der Waals surface area contributed by atoms with E-state index in [9.17, 15) is 4.79 Å². The summed E-state index contributed by atoms with van der Waals surface area (Å²) in [5.74, 6) is 0.859. The molecule has 0 bridgehead atoms. The van der Waals surface area contributed by atoms with Crippen LogP contribution in [0.15, 0.2) is 91.5 Å². The van der Waals surface area contributed by atoms with Gasteiger partial charge in [0, 0.05) is 5.56 Å². The van der Waals surface area contributed by atoms with E-state index in [0.717, 1.165) is 29.7 Å². The fraction of sp³-hybridized carbons (Fsp3) is 0.439. The van der Waals surface area contributed by atoms with E-state index in [4.69, 9.17) is 4.74 Å². The van der Waals surface area contributed by atoms with Crippen LogP contribution in [0.25, 0.3) is 12.2 Å². The minimum atomic E-state index is 0.00691. The van der Waals surface area contributed by atoms with Crippen LogP contribution >= 0.6 is 0 Å². The first-order valence-electron chi connectivity index (χ1n) is 17.0. The zero-order valence-electron chi connectivity index (χ0n) is 26.7. The Balaban J connectivity index is 1.39. The topological polar surface area (TPSA) is 26.3 Å². The van der Waals surface area contributed by atoms with Crippen LogP contribution in [0.3, 0.4) is 0 Å². The highest BCUT2D eigenvalue weighted by molar-refractivity contribution is 6.06. The Kier molecular flexibility index (Phi) is 16.9. The van der Waals surface area contributed by atoms with Gasteiger partial charge in [0.05, 0.1) is 0 Å². The van der Waals surface area contributed by atoms with Crippen LogP contribution in [0.5, 0.6) is 5.75 Å². The molecule has 43 heavy (non-hydrogen) atoms. The highest BCUT2D eigenvalue weighted by Crippen LogP contribution is 2.28. The molecular weight excluding hydrogens is 524 g/mol. The van der Waals surface area contributed by atoms with Gasteiger partial charge in [-0.25, -0.2) is 0 Å². The van der Waals surface area contributed by atoms with Gasteiger partial charge in [-0.05, 0) is 47.7 Å². The van der Waals surface area contributed by atoms with E-state index in [1.807, 2.05) is 66.7 Å². The summed E-state index contributed by atoms with van der Waals surface area (Å²) in [4.78, 5) is 12.4. The first-order valence-corrected chi connectivity index (χ1v) is 17.0. The van der Waals surface area contributed by atoms with Gasteiger partial charge in [0.2, 0.25) is 0 Å². The Morgan fingerprint density at radius 3 is 1.70 bits per heavy atom. The number of benzene rings is 3. The quantitative estimate of drug-likeness (QED) is 0.0635. The van der Waals surface area contributed by atoms with Crippen molar-refractivity contribution in [2.24, 2.45) is 0 Å². The van der Waals surface area contributed by atoms with Crippen molar-refractivity contribution in [3.63, 3.8) is 0 Å². The Labute approximate surface area is 262 Å². The zero-order chi connectivity index (χ0) is 30.4. The second-order valence-electron chi connectivity index (χ2n) is 11.8. The van der Waals surface area contributed by atoms with Gasteiger partial charge < -0.3 is 4.74 Å². The molecule has 0 fully saturated rings. The molecule has 0 heterocycles. The summed E-state index contributed by atoms with van der Waals surface area (Å²) >= 11 is 0. The Bertz CT molecular complexity index is 1170. The molecule has 1 atom stereocenters. The Morgan fingerprint density at radius 2 is 1.16 bits per heavy atom. The van der Waals surface area contributed by atoms with Gasteiger partial charge in [-0.15, -0.1) is 0 Å². The maximum atomic E-state index is 12.4. The van der Waals surface area contributed by atoms with Gasteiger partial charge in [0.1, 0.15) is 11.9 Å². The summed E-state index contributed by atoms with van der Waals surface area (Å²) in [5, 5.41) is 0. The Morgan fingerprint density at radius 1 is 0.651 bits per heavy atom. The van der Waals surface area contributed by atoms with E-state index >= 15 is 0 Å². The molecule has 0 amide bonds. The third kappa shape index (κ3) is 14.1. The van der Waals surface area contributed by atoms with Crippen molar-refractivity contribution in [1.29, 1.82) is 0 Å². The lowest BCUT2D eigenvalue weighted by Crippen LogP contribution is -2.08. The summed E-state index contributed by atoms with van der Waals surface area (Å²) in [6.07, 6.45) is 26.9. The van der Waals surface area contributed by atoms with Crippen LogP contribution in [0.4, 0.5) is 0 Å². The lowest BCUT2D eigenvalue weighted by atomic mass is 10.00. The molecule has 2 nitrogen and oxygen atoms in total. The number of unbranched alkanes of at least 4 members (excludes halogenated alkanes) is 14. The van der Waals surface area contributed by atoms with Gasteiger partial charge in [-0.2, -0.15) is 0 Å². The first kappa shape index (κ1) is 34.1. The number of hydrogen-bond acceptors (Lipinski definition) is 2.